The molecule has 20 heavy (non-hydrogen) atoms. The third kappa shape index (κ3) is 2.80. The van der Waals surface area contributed by atoms with Crippen molar-refractivity contribution in [3.8, 4) is 0 Å². The molecular weight excluding hydrogens is 260 g/mol. The summed E-state index contributed by atoms with van der Waals surface area (Å²) in [6, 6.07) is 0. The Morgan fingerprint density at radius 3 is 1.60 bits per heavy atom. The molecule has 2 aliphatic heterocycles. The molecule has 0 saturated carbocycles. The minimum Gasteiger partial charge on any atom is -0.393 e. The van der Waals surface area contributed by atoms with E-state index in [1.807, 2.05) is 0 Å². The average Bonchev–Trinajstić information content (AvgIpc) is 3.16. The quantitative estimate of drug-likeness (QED) is 0.465. The first-order valence-electron chi connectivity index (χ1n) is 6.77. The molecule has 2 unspecified atom stereocenters. The molecule has 0 aromatic carbocycles. The Morgan fingerprint density at radius 2 is 1.35 bits per heavy atom. The number of hydrogen-bond donors (Lipinski definition) is 4. The smallest absolute Gasteiger partial charge is 0.158 e. The molecule has 112 valence electrons. The van der Waals surface area contributed by atoms with Crippen molar-refractivity contribution in [2.75, 3.05) is 39.4 Å². The van der Waals surface area contributed by atoms with Crippen LogP contribution in [0.4, 0.5) is 0 Å². The van der Waals surface area contributed by atoms with E-state index in [-0.39, 0.29) is 13.2 Å². The lowest BCUT2D eigenvalue weighted by atomic mass is 10.0. The standard InChI is InChI=1S/C12H22N6O2/c1-11(7-19,9-13-3-4-14-9)17-18-12(2,8-20)10-15-5-6-16-10/h19-20H,3-8H2,1-2H3,(H,13,14)(H,15,16)/b18-17+. The fraction of sp³-hybridized carbons (Fsp3) is 0.833. The van der Waals surface area contributed by atoms with Crippen LogP contribution in [0.3, 0.4) is 0 Å². The van der Waals surface area contributed by atoms with Crippen molar-refractivity contribution >= 4 is 11.7 Å². The maximum Gasteiger partial charge on any atom is 0.158 e. The topological polar surface area (TPSA) is 114 Å². The van der Waals surface area contributed by atoms with Crippen LogP contribution in [0.25, 0.3) is 0 Å². The molecular formula is C12H22N6O2. The number of aliphatic hydroxyl groups excluding tert-OH is 2. The first kappa shape index (κ1) is 14.9. The van der Waals surface area contributed by atoms with Crippen molar-refractivity contribution in [1.29, 1.82) is 0 Å². The third-order valence-corrected chi connectivity index (χ3v) is 3.48. The molecule has 0 aromatic rings. The van der Waals surface area contributed by atoms with E-state index >= 15 is 0 Å². The van der Waals surface area contributed by atoms with E-state index in [1.165, 1.54) is 0 Å². The fourth-order valence-electron chi connectivity index (χ4n) is 2.05. The molecule has 2 aliphatic rings. The number of aliphatic hydroxyl groups is 2. The maximum atomic E-state index is 9.60. The molecule has 2 atom stereocenters. The molecule has 2 rings (SSSR count). The third-order valence-electron chi connectivity index (χ3n) is 3.48. The van der Waals surface area contributed by atoms with Gasteiger partial charge in [-0.25, -0.2) is 0 Å². The van der Waals surface area contributed by atoms with Crippen molar-refractivity contribution in [2.45, 2.75) is 24.9 Å². The summed E-state index contributed by atoms with van der Waals surface area (Å²) in [6.07, 6.45) is 0. The van der Waals surface area contributed by atoms with Crippen LogP contribution in [0.15, 0.2) is 20.2 Å². The molecule has 4 N–H and O–H groups in total. The molecule has 8 heteroatoms. The van der Waals surface area contributed by atoms with Crippen LogP contribution < -0.4 is 10.6 Å². The van der Waals surface area contributed by atoms with Crippen LogP contribution in [-0.4, -0.2) is 72.4 Å². The highest BCUT2D eigenvalue weighted by Crippen LogP contribution is 2.20. The molecule has 0 amide bonds. The number of rotatable bonds is 6. The zero-order valence-electron chi connectivity index (χ0n) is 11.9. The normalized spacial score (nSPS) is 24.6. The van der Waals surface area contributed by atoms with Crippen LogP contribution in [0.2, 0.25) is 0 Å². The first-order valence-corrected chi connectivity index (χ1v) is 6.77. The molecule has 0 aliphatic carbocycles. The second-order valence-corrected chi connectivity index (χ2v) is 5.38. The van der Waals surface area contributed by atoms with Gasteiger partial charge < -0.3 is 20.8 Å². The molecule has 0 bridgehead atoms. The van der Waals surface area contributed by atoms with Gasteiger partial charge in [-0.15, -0.1) is 0 Å². The van der Waals surface area contributed by atoms with Gasteiger partial charge in [-0.05, 0) is 13.8 Å². The van der Waals surface area contributed by atoms with Gasteiger partial charge in [-0.2, -0.15) is 10.2 Å². The zero-order chi connectivity index (χ0) is 14.6. The van der Waals surface area contributed by atoms with Crippen LogP contribution in [-0.2, 0) is 0 Å². The Kier molecular flexibility index (Phi) is 4.34. The van der Waals surface area contributed by atoms with Gasteiger partial charge in [0.2, 0.25) is 0 Å². The van der Waals surface area contributed by atoms with Gasteiger partial charge in [-0.3, -0.25) is 9.98 Å². The Balaban J connectivity index is 2.20. The van der Waals surface area contributed by atoms with Crippen molar-refractivity contribution in [2.24, 2.45) is 20.2 Å². The Bertz CT molecular complexity index is 409. The van der Waals surface area contributed by atoms with E-state index < -0.39 is 11.1 Å². The number of hydrogen-bond acceptors (Lipinski definition) is 8. The fourth-order valence-corrected chi connectivity index (χ4v) is 2.05. The van der Waals surface area contributed by atoms with Gasteiger partial charge in [0.1, 0.15) is 11.7 Å². The molecule has 0 fully saturated rings. The first-order chi connectivity index (χ1) is 9.54. The number of nitrogens with one attached hydrogen (secondary N) is 2. The van der Waals surface area contributed by atoms with E-state index in [0.717, 1.165) is 13.1 Å². The Hall–Kier alpha value is -1.54. The van der Waals surface area contributed by atoms with Crippen LogP contribution in [0.5, 0.6) is 0 Å². The highest BCUT2D eigenvalue weighted by molar-refractivity contribution is 5.93. The lowest BCUT2D eigenvalue weighted by Crippen LogP contribution is -2.47. The summed E-state index contributed by atoms with van der Waals surface area (Å²) in [5.41, 5.74) is -1.82. The zero-order valence-corrected chi connectivity index (χ0v) is 11.9. The van der Waals surface area contributed by atoms with Gasteiger partial charge in [0.25, 0.3) is 0 Å². The molecule has 0 aromatic heterocycles. The maximum absolute atomic E-state index is 9.60. The lowest BCUT2D eigenvalue weighted by Gasteiger charge is -2.26. The minimum atomic E-state index is -0.911. The van der Waals surface area contributed by atoms with Gasteiger partial charge in [-0.1, -0.05) is 0 Å². The molecule has 0 radical (unpaired) electrons. The van der Waals surface area contributed by atoms with Crippen LogP contribution in [0, 0.1) is 0 Å². The van der Waals surface area contributed by atoms with Crippen molar-refractivity contribution in [3.63, 3.8) is 0 Å². The average molecular weight is 282 g/mol. The van der Waals surface area contributed by atoms with E-state index in [9.17, 15) is 10.2 Å². The predicted octanol–water partition coefficient (Wildman–Crippen LogP) is -1.06. The van der Waals surface area contributed by atoms with Crippen molar-refractivity contribution < 1.29 is 10.2 Å². The highest BCUT2D eigenvalue weighted by atomic mass is 16.3. The molecule has 2 heterocycles. The molecule has 0 spiro atoms. The minimum absolute atomic E-state index is 0.205. The van der Waals surface area contributed by atoms with E-state index in [4.69, 9.17) is 0 Å². The van der Waals surface area contributed by atoms with Crippen molar-refractivity contribution in [1.82, 2.24) is 10.6 Å². The van der Waals surface area contributed by atoms with Crippen molar-refractivity contribution in [3.05, 3.63) is 0 Å². The summed E-state index contributed by atoms with van der Waals surface area (Å²) < 4.78 is 0. The van der Waals surface area contributed by atoms with Gasteiger partial charge in [0.15, 0.2) is 11.1 Å². The summed E-state index contributed by atoms with van der Waals surface area (Å²) >= 11 is 0. The lowest BCUT2D eigenvalue weighted by molar-refractivity contribution is 0.222. The van der Waals surface area contributed by atoms with E-state index in [1.54, 1.807) is 13.8 Å². The van der Waals surface area contributed by atoms with Crippen LogP contribution >= 0.6 is 0 Å². The SMILES string of the molecule is CC(CO)(/N=N/C(C)(CO)C1=NCCN1)C1=NCCN1. The Labute approximate surface area is 118 Å². The summed E-state index contributed by atoms with van der Waals surface area (Å²) in [7, 11) is 0. The number of nitrogens with zero attached hydrogens (tertiary/aromatic N) is 4. The Morgan fingerprint density at radius 1 is 0.950 bits per heavy atom. The van der Waals surface area contributed by atoms with E-state index in [2.05, 4.69) is 30.8 Å². The number of aliphatic imine (C=N–C) groups is 2. The second kappa shape index (κ2) is 5.84. The summed E-state index contributed by atoms with van der Waals surface area (Å²) in [5.74, 6) is 1.26. The second-order valence-electron chi connectivity index (χ2n) is 5.38. The highest BCUT2D eigenvalue weighted by Gasteiger charge is 2.36. The molecule has 8 nitrogen and oxygen atoms in total. The summed E-state index contributed by atoms with van der Waals surface area (Å²) in [6.45, 7) is 5.94. The van der Waals surface area contributed by atoms with E-state index in [0.29, 0.717) is 24.8 Å². The van der Waals surface area contributed by atoms with Gasteiger partial charge >= 0.3 is 0 Å². The summed E-state index contributed by atoms with van der Waals surface area (Å²) in [5, 5.41) is 33.9. The van der Waals surface area contributed by atoms with Gasteiger partial charge in [0, 0.05) is 13.1 Å². The number of azo groups is 1. The molecule has 0 saturated heterocycles. The monoisotopic (exact) mass is 282 g/mol. The summed E-state index contributed by atoms with van der Waals surface area (Å²) in [4.78, 5) is 8.57. The largest absolute Gasteiger partial charge is 0.393 e. The number of amidine groups is 2. The predicted molar refractivity (Wildman–Crippen MR) is 76.4 cm³/mol. The van der Waals surface area contributed by atoms with Gasteiger partial charge in [0.05, 0.1) is 26.3 Å². The van der Waals surface area contributed by atoms with Crippen LogP contribution in [0.1, 0.15) is 13.8 Å².